The van der Waals surface area contributed by atoms with Gasteiger partial charge in [0.2, 0.25) is 5.91 Å². The Hall–Kier alpha value is -2.54. The van der Waals surface area contributed by atoms with E-state index in [1.165, 1.54) is 12.1 Å². The third-order valence-electron chi connectivity index (χ3n) is 4.40. The monoisotopic (exact) mass is 380 g/mol. The summed E-state index contributed by atoms with van der Waals surface area (Å²) in [5, 5.41) is 3.08. The molecule has 0 radical (unpaired) electrons. The number of aryl methyl sites for hydroxylation is 2. The van der Waals surface area contributed by atoms with Crippen LogP contribution < -0.4 is 15.8 Å². The lowest BCUT2D eigenvalue weighted by Gasteiger charge is -2.17. The smallest absolute Gasteiger partial charge is 0.387 e. The quantitative estimate of drug-likeness (QED) is 0.700. The van der Waals surface area contributed by atoms with E-state index in [4.69, 9.17) is 5.73 Å². The molecule has 3 N–H and O–H groups in total. The second-order valence-corrected chi connectivity index (χ2v) is 6.48. The number of amides is 1. The molecule has 0 aliphatic carbocycles. The van der Waals surface area contributed by atoms with Crippen molar-refractivity contribution in [2.24, 2.45) is 11.7 Å². The third kappa shape index (κ3) is 6.29. The molecule has 0 spiro atoms. The molecule has 1 amide bonds. The molecule has 146 valence electrons. The van der Waals surface area contributed by atoms with Crippen molar-refractivity contribution in [2.75, 3.05) is 6.54 Å². The number of benzene rings is 2. The molecule has 2 rings (SSSR count). The fourth-order valence-corrected chi connectivity index (χ4v) is 2.75. The molecule has 0 saturated heterocycles. The van der Waals surface area contributed by atoms with E-state index in [9.17, 15) is 18.0 Å². The summed E-state index contributed by atoms with van der Waals surface area (Å²) in [4.78, 5) is 11.7. The lowest BCUT2D eigenvalue weighted by Crippen LogP contribution is -2.34. The van der Waals surface area contributed by atoms with Crippen LogP contribution in [0.2, 0.25) is 0 Å². The SMILES string of the molecule is Cc1cc(CNC[C@@H](Cc2ccc(F)cc2)C(N)=O)c(OC(F)F)cc1C. The van der Waals surface area contributed by atoms with Gasteiger partial charge in [-0.2, -0.15) is 8.78 Å². The Morgan fingerprint density at radius 1 is 1.15 bits per heavy atom. The standard InChI is InChI=1S/C20H23F3N2O2/c1-12-7-15(18(8-13(12)2)27-20(22)23)10-25-11-16(19(24)26)9-14-3-5-17(21)6-4-14/h3-8,16,20,25H,9-11H2,1-2H3,(H2,24,26)/t16-/m1/s1. The second kappa shape index (κ2) is 9.41. The topological polar surface area (TPSA) is 64.3 Å². The maximum absolute atomic E-state index is 13.0. The first-order valence-electron chi connectivity index (χ1n) is 8.55. The predicted molar refractivity (Wildman–Crippen MR) is 97.0 cm³/mol. The van der Waals surface area contributed by atoms with Crippen molar-refractivity contribution in [2.45, 2.75) is 33.4 Å². The highest BCUT2D eigenvalue weighted by atomic mass is 19.3. The van der Waals surface area contributed by atoms with E-state index in [-0.39, 0.29) is 24.7 Å². The second-order valence-electron chi connectivity index (χ2n) is 6.48. The van der Waals surface area contributed by atoms with Gasteiger partial charge >= 0.3 is 6.61 Å². The third-order valence-corrected chi connectivity index (χ3v) is 4.40. The first-order chi connectivity index (χ1) is 12.8. The first-order valence-corrected chi connectivity index (χ1v) is 8.55. The summed E-state index contributed by atoms with van der Waals surface area (Å²) >= 11 is 0. The lowest BCUT2D eigenvalue weighted by atomic mass is 9.98. The van der Waals surface area contributed by atoms with Gasteiger partial charge in [-0.05, 0) is 55.2 Å². The Bertz CT molecular complexity index is 780. The molecular weight excluding hydrogens is 357 g/mol. The van der Waals surface area contributed by atoms with Crippen LogP contribution in [0.15, 0.2) is 36.4 Å². The van der Waals surface area contributed by atoms with Crippen LogP contribution in [0, 0.1) is 25.6 Å². The maximum atomic E-state index is 13.0. The summed E-state index contributed by atoms with van der Waals surface area (Å²) in [6.45, 7) is 1.29. The molecule has 0 aliphatic heterocycles. The summed E-state index contributed by atoms with van der Waals surface area (Å²) < 4.78 is 42.8. The van der Waals surface area contributed by atoms with Gasteiger partial charge in [-0.15, -0.1) is 0 Å². The van der Waals surface area contributed by atoms with E-state index in [1.54, 1.807) is 24.3 Å². The molecule has 0 aromatic heterocycles. The number of nitrogens with one attached hydrogen (secondary N) is 1. The van der Waals surface area contributed by atoms with Gasteiger partial charge in [0.1, 0.15) is 11.6 Å². The van der Waals surface area contributed by atoms with E-state index < -0.39 is 18.4 Å². The summed E-state index contributed by atoms with van der Waals surface area (Å²) in [6.07, 6.45) is 0.357. The number of halogens is 3. The van der Waals surface area contributed by atoms with Crippen molar-refractivity contribution in [1.82, 2.24) is 5.32 Å². The van der Waals surface area contributed by atoms with Gasteiger partial charge < -0.3 is 15.8 Å². The minimum Gasteiger partial charge on any atom is -0.434 e. The van der Waals surface area contributed by atoms with Gasteiger partial charge in [0.15, 0.2) is 0 Å². The zero-order valence-electron chi connectivity index (χ0n) is 15.3. The fraction of sp³-hybridized carbons (Fsp3) is 0.350. The van der Waals surface area contributed by atoms with Crippen molar-refractivity contribution in [1.29, 1.82) is 0 Å². The first kappa shape index (κ1) is 20.8. The molecule has 0 heterocycles. The Morgan fingerprint density at radius 3 is 2.37 bits per heavy atom. The maximum Gasteiger partial charge on any atom is 0.387 e. The molecule has 0 saturated carbocycles. The highest BCUT2D eigenvalue weighted by Crippen LogP contribution is 2.25. The van der Waals surface area contributed by atoms with Crippen LogP contribution in [0.25, 0.3) is 0 Å². The van der Waals surface area contributed by atoms with Crippen LogP contribution in [0.1, 0.15) is 22.3 Å². The van der Waals surface area contributed by atoms with Crippen molar-refractivity contribution >= 4 is 5.91 Å². The number of hydrogen-bond donors (Lipinski definition) is 2. The van der Waals surface area contributed by atoms with Crippen LogP contribution >= 0.6 is 0 Å². The van der Waals surface area contributed by atoms with Gasteiger partial charge in [0.25, 0.3) is 0 Å². The molecule has 4 nitrogen and oxygen atoms in total. The molecule has 0 bridgehead atoms. The summed E-state index contributed by atoms with van der Waals surface area (Å²) in [6, 6.07) is 9.20. The number of alkyl halides is 2. The Balaban J connectivity index is 2.03. The number of hydrogen-bond acceptors (Lipinski definition) is 3. The van der Waals surface area contributed by atoms with E-state index in [1.807, 2.05) is 13.8 Å². The largest absolute Gasteiger partial charge is 0.434 e. The number of carbonyl (C=O) groups is 1. The van der Waals surface area contributed by atoms with E-state index in [2.05, 4.69) is 10.1 Å². The molecule has 0 fully saturated rings. The summed E-state index contributed by atoms with van der Waals surface area (Å²) in [5.74, 6) is -1.25. The Morgan fingerprint density at radius 2 is 1.78 bits per heavy atom. The van der Waals surface area contributed by atoms with Crippen LogP contribution in [0.5, 0.6) is 5.75 Å². The molecule has 2 aromatic carbocycles. The predicted octanol–water partition coefficient (Wildman–Crippen LogP) is 3.48. The lowest BCUT2D eigenvalue weighted by molar-refractivity contribution is -0.121. The average Bonchev–Trinajstić information content (AvgIpc) is 2.59. The van der Waals surface area contributed by atoms with Gasteiger partial charge in [0, 0.05) is 18.7 Å². The van der Waals surface area contributed by atoms with Crippen LogP contribution in [-0.4, -0.2) is 19.1 Å². The summed E-state index contributed by atoms with van der Waals surface area (Å²) in [5.41, 5.74) is 8.61. The highest BCUT2D eigenvalue weighted by molar-refractivity contribution is 5.77. The van der Waals surface area contributed by atoms with Crippen molar-refractivity contribution in [3.8, 4) is 5.75 Å². The Kier molecular flexibility index (Phi) is 7.24. The van der Waals surface area contributed by atoms with Crippen LogP contribution in [0.4, 0.5) is 13.2 Å². The molecule has 7 heteroatoms. The zero-order chi connectivity index (χ0) is 20.0. The van der Waals surface area contributed by atoms with E-state index >= 15 is 0 Å². The van der Waals surface area contributed by atoms with Crippen LogP contribution in [0.3, 0.4) is 0 Å². The van der Waals surface area contributed by atoms with Gasteiger partial charge in [-0.25, -0.2) is 4.39 Å². The number of primary amides is 1. The fourth-order valence-electron chi connectivity index (χ4n) is 2.75. The van der Waals surface area contributed by atoms with Gasteiger partial charge in [0.05, 0.1) is 5.92 Å². The molecule has 1 atom stereocenters. The molecule has 2 aromatic rings. The number of rotatable bonds is 9. The van der Waals surface area contributed by atoms with Crippen molar-refractivity contribution in [3.05, 3.63) is 64.5 Å². The normalized spacial score (nSPS) is 12.2. The summed E-state index contributed by atoms with van der Waals surface area (Å²) in [7, 11) is 0. The molecule has 0 aliphatic rings. The number of nitrogens with two attached hydrogens (primary N) is 1. The average molecular weight is 380 g/mol. The van der Waals surface area contributed by atoms with Gasteiger partial charge in [-0.3, -0.25) is 4.79 Å². The number of carbonyl (C=O) groups excluding carboxylic acids is 1. The highest BCUT2D eigenvalue weighted by Gasteiger charge is 2.17. The van der Waals surface area contributed by atoms with Crippen molar-refractivity contribution in [3.63, 3.8) is 0 Å². The Labute approximate surface area is 156 Å². The minimum absolute atomic E-state index is 0.106. The molecule has 27 heavy (non-hydrogen) atoms. The van der Waals surface area contributed by atoms with Gasteiger partial charge in [-0.1, -0.05) is 18.2 Å². The van der Waals surface area contributed by atoms with E-state index in [0.29, 0.717) is 12.0 Å². The zero-order valence-corrected chi connectivity index (χ0v) is 15.3. The minimum atomic E-state index is -2.91. The van der Waals surface area contributed by atoms with E-state index in [0.717, 1.165) is 16.7 Å². The molecule has 0 unspecified atom stereocenters. The number of ether oxygens (including phenoxy) is 1. The van der Waals surface area contributed by atoms with Crippen LogP contribution in [-0.2, 0) is 17.8 Å². The van der Waals surface area contributed by atoms with Crippen molar-refractivity contribution < 1.29 is 22.7 Å². The molecular formula is C20H23F3N2O2.